The van der Waals surface area contributed by atoms with Crippen molar-refractivity contribution in [2.24, 2.45) is 0 Å². The van der Waals surface area contributed by atoms with E-state index in [-0.39, 0.29) is 37.1 Å². The maximum atomic E-state index is 13.2. The largest absolute Gasteiger partial charge is 0.489 e. The first kappa shape index (κ1) is 22.4. The Balaban J connectivity index is 1.85. The summed E-state index contributed by atoms with van der Waals surface area (Å²) >= 11 is 0. The molecule has 1 atom stereocenters. The van der Waals surface area contributed by atoms with Crippen LogP contribution in [-0.2, 0) is 20.5 Å². The number of ether oxygens (including phenoxy) is 3. The minimum Gasteiger partial charge on any atom is -0.489 e. The van der Waals surface area contributed by atoms with E-state index in [0.717, 1.165) is 18.2 Å². The van der Waals surface area contributed by atoms with E-state index >= 15 is 0 Å². The standard InChI is InChI=1S/C21H21F3N2O5/c1-13(27)26-12-19(31-18-6-4-3-5-16(18)26)20(28)25-15-11-14(21(22,23)24)7-8-17(15)30-10-9-29-2/h3-8,11,19H,9-10,12H2,1-2H3,(H,25,28). The molecule has 1 aliphatic heterocycles. The summed E-state index contributed by atoms with van der Waals surface area (Å²) in [7, 11) is 1.46. The molecule has 7 nitrogen and oxygen atoms in total. The van der Waals surface area contributed by atoms with Crippen LogP contribution < -0.4 is 19.7 Å². The average Bonchev–Trinajstić information content (AvgIpc) is 2.73. The highest BCUT2D eigenvalue weighted by atomic mass is 19.4. The van der Waals surface area contributed by atoms with Crippen molar-refractivity contribution in [3.05, 3.63) is 48.0 Å². The first-order chi connectivity index (χ1) is 14.7. The van der Waals surface area contributed by atoms with Gasteiger partial charge in [-0.15, -0.1) is 0 Å². The van der Waals surface area contributed by atoms with E-state index in [0.29, 0.717) is 11.4 Å². The number of methoxy groups -OCH3 is 1. The zero-order chi connectivity index (χ0) is 22.6. The van der Waals surface area contributed by atoms with E-state index in [1.807, 2.05) is 0 Å². The molecule has 1 N–H and O–H groups in total. The summed E-state index contributed by atoms with van der Waals surface area (Å²) in [5.41, 5.74) is -0.586. The van der Waals surface area contributed by atoms with Gasteiger partial charge in [0.1, 0.15) is 18.1 Å². The minimum absolute atomic E-state index is 0.0537. The van der Waals surface area contributed by atoms with E-state index < -0.39 is 23.8 Å². The molecule has 0 aliphatic carbocycles. The predicted octanol–water partition coefficient (Wildman–Crippen LogP) is 3.48. The molecular weight excluding hydrogens is 417 g/mol. The van der Waals surface area contributed by atoms with Crippen LogP contribution in [-0.4, -0.2) is 44.8 Å². The number of carbonyl (C=O) groups excluding carboxylic acids is 2. The van der Waals surface area contributed by atoms with E-state index in [9.17, 15) is 22.8 Å². The van der Waals surface area contributed by atoms with Gasteiger partial charge >= 0.3 is 6.18 Å². The molecule has 0 aromatic heterocycles. The van der Waals surface area contributed by atoms with Crippen molar-refractivity contribution in [2.45, 2.75) is 19.2 Å². The Hall–Kier alpha value is -3.27. The summed E-state index contributed by atoms with van der Waals surface area (Å²) < 4.78 is 55.5. The molecular formula is C21H21F3N2O5. The Labute approximate surface area is 176 Å². The first-order valence-electron chi connectivity index (χ1n) is 9.38. The van der Waals surface area contributed by atoms with Gasteiger partial charge in [0.2, 0.25) is 5.91 Å². The van der Waals surface area contributed by atoms with Crippen LogP contribution in [0.25, 0.3) is 0 Å². The number of hydrogen-bond donors (Lipinski definition) is 1. The second-order valence-electron chi connectivity index (χ2n) is 6.74. The van der Waals surface area contributed by atoms with Crippen molar-refractivity contribution < 1.29 is 37.0 Å². The molecule has 2 amide bonds. The van der Waals surface area contributed by atoms with Gasteiger partial charge in [0.05, 0.1) is 30.1 Å². The molecule has 0 spiro atoms. The predicted molar refractivity (Wildman–Crippen MR) is 106 cm³/mol. The fraction of sp³-hybridized carbons (Fsp3) is 0.333. The number of nitrogens with zero attached hydrogens (tertiary/aromatic N) is 1. The number of alkyl halides is 3. The highest BCUT2D eigenvalue weighted by molar-refractivity contribution is 6.00. The van der Waals surface area contributed by atoms with Gasteiger partial charge in [0.15, 0.2) is 6.10 Å². The molecule has 0 fully saturated rings. The van der Waals surface area contributed by atoms with Crippen LogP contribution in [0.3, 0.4) is 0 Å². The normalized spacial score (nSPS) is 15.6. The third kappa shape index (κ3) is 5.26. The number of nitrogens with one attached hydrogen (secondary N) is 1. The summed E-state index contributed by atoms with van der Waals surface area (Å²) in [4.78, 5) is 26.3. The van der Waals surface area contributed by atoms with Gasteiger partial charge < -0.3 is 24.4 Å². The molecule has 1 aliphatic rings. The topological polar surface area (TPSA) is 77.1 Å². The van der Waals surface area contributed by atoms with Crippen molar-refractivity contribution >= 4 is 23.2 Å². The zero-order valence-electron chi connectivity index (χ0n) is 16.9. The van der Waals surface area contributed by atoms with Gasteiger partial charge in [-0.3, -0.25) is 9.59 Å². The molecule has 31 heavy (non-hydrogen) atoms. The molecule has 10 heteroatoms. The lowest BCUT2D eigenvalue weighted by molar-refractivity contribution is -0.137. The van der Waals surface area contributed by atoms with Crippen molar-refractivity contribution in [1.82, 2.24) is 0 Å². The van der Waals surface area contributed by atoms with Crippen LogP contribution >= 0.6 is 0 Å². The number of carbonyl (C=O) groups is 2. The summed E-state index contributed by atoms with van der Waals surface area (Å²) in [6.07, 6.45) is -5.73. The minimum atomic E-state index is -4.60. The van der Waals surface area contributed by atoms with E-state index in [4.69, 9.17) is 14.2 Å². The van der Waals surface area contributed by atoms with Gasteiger partial charge in [0.25, 0.3) is 5.91 Å². The Morgan fingerprint density at radius 3 is 2.61 bits per heavy atom. The first-order valence-corrected chi connectivity index (χ1v) is 9.38. The fourth-order valence-corrected chi connectivity index (χ4v) is 3.05. The third-order valence-corrected chi connectivity index (χ3v) is 4.56. The lowest BCUT2D eigenvalue weighted by atomic mass is 10.1. The maximum Gasteiger partial charge on any atom is 0.416 e. The molecule has 2 aromatic carbocycles. The molecule has 3 rings (SSSR count). The van der Waals surface area contributed by atoms with Gasteiger partial charge in [-0.25, -0.2) is 0 Å². The highest BCUT2D eigenvalue weighted by Gasteiger charge is 2.34. The number of halogens is 3. The quantitative estimate of drug-likeness (QED) is 0.699. The van der Waals surface area contributed by atoms with Crippen molar-refractivity contribution in [2.75, 3.05) is 37.1 Å². The van der Waals surface area contributed by atoms with Crippen LogP contribution in [0, 0.1) is 0 Å². The lowest BCUT2D eigenvalue weighted by Crippen LogP contribution is -2.48. The Morgan fingerprint density at radius 1 is 1.19 bits per heavy atom. The molecule has 1 heterocycles. The van der Waals surface area contributed by atoms with Crippen molar-refractivity contribution in [3.63, 3.8) is 0 Å². The molecule has 0 saturated heterocycles. The van der Waals surface area contributed by atoms with Gasteiger partial charge in [-0.1, -0.05) is 12.1 Å². The van der Waals surface area contributed by atoms with E-state index in [2.05, 4.69) is 5.32 Å². The average molecular weight is 438 g/mol. The highest BCUT2D eigenvalue weighted by Crippen LogP contribution is 2.36. The third-order valence-electron chi connectivity index (χ3n) is 4.56. The van der Waals surface area contributed by atoms with Crippen LogP contribution in [0.5, 0.6) is 11.5 Å². The molecule has 166 valence electrons. The molecule has 2 aromatic rings. The fourth-order valence-electron chi connectivity index (χ4n) is 3.05. The zero-order valence-corrected chi connectivity index (χ0v) is 16.9. The SMILES string of the molecule is COCCOc1ccc(C(F)(F)F)cc1NC(=O)C1CN(C(C)=O)c2ccccc2O1. The van der Waals surface area contributed by atoms with Crippen molar-refractivity contribution in [1.29, 1.82) is 0 Å². The van der Waals surface area contributed by atoms with Crippen LogP contribution in [0.4, 0.5) is 24.5 Å². The molecule has 1 unspecified atom stereocenters. The van der Waals surface area contributed by atoms with Gasteiger partial charge in [-0.05, 0) is 30.3 Å². The Bertz CT molecular complexity index is 964. The molecule has 0 saturated carbocycles. The van der Waals surface area contributed by atoms with Crippen LogP contribution in [0.2, 0.25) is 0 Å². The summed E-state index contributed by atoms with van der Waals surface area (Å²) in [5.74, 6) is -0.629. The second kappa shape index (κ2) is 9.25. The monoisotopic (exact) mass is 438 g/mol. The second-order valence-corrected chi connectivity index (χ2v) is 6.74. The number of benzene rings is 2. The van der Waals surface area contributed by atoms with Crippen molar-refractivity contribution in [3.8, 4) is 11.5 Å². The molecule has 0 radical (unpaired) electrons. The van der Waals surface area contributed by atoms with Gasteiger partial charge in [-0.2, -0.15) is 13.2 Å². The number of fused-ring (bicyclic) bond motifs is 1. The number of amides is 2. The summed E-state index contributed by atoms with van der Waals surface area (Å²) in [5, 5.41) is 2.44. The summed E-state index contributed by atoms with van der Waals surface area (Å²) in [6, 6.07) is 9.49. The number of rotatable bonds is 6. The van der Waals surface area contributed by atoms with Crippen LogP contribution in [0.15, 0.2) is 42.5 Å². The maximum absolute atomic E-state index is 13.2. The molecule has 0 bridgehead atoms. The van der Waals surface area contributed by atoms with E-state index in [1.165, 1.54) is 18.9 Å². The number of para-hydroxylation sites is 2. The van der Waals surface area contributed by atoms with Crippen LogP contribution in [0.1, 0.15) is 12.5 Å². The number of hydrogen-bond acceptors (Lipinski definition) is 5. The lowest BCUT2D eigenvalue weighted by Gasteiger charge is -2.33. The Kier molecular flexibility index (Phi) is 6.69. The Morgan fingerprint density at radius 2 is 1.94 bits per heavy atom. The number of anilines is 2. The smallest absolute Gasteiger partial charge is 0.416 e. The summed E-state index contributed by atoms with van der Waals surface area (Å²) in [6.45, 7) is 1.56. The van der Waals surface area contributed by atoms with Gasteiger partial charge in [0, 0.05) is 14.0 Å². The van der Waals surface area contributed by atoms with E-state index in [1.54, 1.807) is 24.3 Å².